The Morgan fingerprint density at radius 2 is 1.35 bits per heavy atom. The highest BCUT2D eigenvalue weighted by atomic mass is 19.4. The van der Waals surface area contributed by atoms with Crippen molar-refractivity contribution in [1.29, 1.82) is 0 Å². The van der Waals surface area contributed by atoms with Crippen molar-refractivity contribution in [2.45, 2.75) is 12.5 Å². The standard InChI is InChI=1S/C8H2F8O/c9-4-2-6(17-8(14,15)16)5(10)1-3(4)7(11,12)13/h1-2H. The highest BCUT2D eigenvalue weighted by molar-refractivity contribution is 5.32. The van der Waals surface area contributed by atoms with Gasteiger partial charge >= 0.3 is 12.5 Å². The zero-order valence-electron chi connectivity index (χ0n) is 7.59. The van der Waals surface area contributed by atoms with Gasteiger partial charge in [-0.2, -0.15) is 13.2 Å². The summed E-state index contributed by atoms with van der Waals surface area (Å²) >= 11 is 0. The van der Waals surface area contributed by atoms with Gasteiger partial charge in [0.1, 0.15) is 5.82 Å². The van der Waals surface area contributed by atoms with E-state index in [4.69, 9.17) is 0 Å². The summed E-state index contributed by atoms with van der Waals surface area (Å²) in [5.74, 6) is -5.68. The SMILES string of the molecule is Fc1cc(C(F)(F)F)c(F)cc1OC(F)(F)F. The van der Waals surface area contributed by atoms with Crippen LogP contribution in [0.25, 0.3) is 0 Å². The summed E-state index contributed by atoms with van der Waals surface area (Å²) in [5, 5.41) is 0. The molecule has 0 unspecified atom stereocenters. The maximum Gasteiger partial charge on any atom is 0.573 e. The van der Waals surface area contributed by atoms with Gasteiger partial charge in [-0.15, -0.1) is 13.2 Å². The smallest absolute Gasteiger partial charge is 0.403 e. The Morgan fingerprint density at radius 3 is 1.76 bits per heavy atom. The molecule has 0 atom stereocenters. The lowest BCUT2D eigenvalue weighted by molar-refractivity contribution is -0.275. The Hall–Kier alpha value is -1.54. The van der Waals surface area contributed by atoms with E-state index < -0.39 is 41.6 Å². The average molecular weight is 266 g/mol. The lowest BCUT2D eigenvalue weighted by Gasteiger charge is -2.12. The van der Waals surface area contributed by atoms with Gasteiger partial charge in [0.25, 0.3) is 0 Å². The van der Waals surface area contributed by atoms with Crippen LogP contribution >= 0.6 is 0 Å². The lowest BCUT2D eigenvalue weighted by Crippen LogP contribution is -2.19. The Labute approximate surface area is 88.6 Å². The molecule has 9 heteroatoms. The molecule has 0 aliphatic rings. The highest BCUT2D eigenvalue weighted by Crippen LogP contribution is 2.35. The van der Waals surface area contributed by atoms with Gasteiger partial charge in [-0.3, -0.25) is 0 Å². The minimum absolute atomic E-state index is 0.314. The molecule has 0 amide bonds. The quantitative estimate of drug-likeness (QED) is 0.701. The fourth-order valence-corrected chi connectivity index (χ4v) is 0.949. The Kier molecular flexibility index (Phi) is 3.22. The first-order valence-electron chi connectivity index (χ1n) is 3.82. The summed E-state index contributed by atoms with van der Waals surface area (Å²) in [6, 6.07) is -0.720. The average Bonchev–Trinajstić information content (AvgIpc) is 2.06. The molecule has 1 nitrogen and oxygen atoms in total. The van der Waals surface area contributed by atoms with Gasteiger partial charge in [-0.1, -0.05) is 0 Å². The molecule has 0 aliphatic heterocycles. The molecule has 0 heterocycles. The zero-order valence-corrected chi connectivity index (χ0v) is 7.59. The van der Waals surface area contributed by atoms with Crippen molar-refractivity contribution in [2.75, 3.05) is 0 Å². The molecule has 0 bridgehead atoms. The van der Waals surface area contributed by atoms with E-state index in [9.17, 15) is 35.1 Å². The second-order valence-corrected chi connectivity index (χ2v) is 2.81. The molecule has 17 heavy (non-hydrogen) atoms. The molecule has 0 aliphatic carbocycles. The first-order valence-corrected chi connectivity index (χ1v) is 3.82. The maximum atomic E-state index is 12.8. The fraction of sp³-hybridized carbons (Fsp3) is 0.250. The van der Waals surface area contributed by atoms with E-state index in [1.54, 1.807) is 0 Å². The second-order valence-electron chi connectivity index (χ2n) is 2.81. The molecular weight excluding hydrogens is 264 g/mol. The number of hydrogen-bond acceptors (Lipinski definition) is 1. The minimum Gasteiger partial charge on any atom is -0.403 e. The normalized spacial score (nSPS) is 12.7. The van der Waals surface area contributed by atoms with Crippen molar-refractivity contribution in [3.05, 3.63) is 29.3 Å². The number of rotatable bonds is 1. The lowest BCUT2D eigenvalue weighted by atomic mass is 10.2. The summed E-state index contributed by atoms with van der Waals surface area (Å²) < 4.78 is 99.6. The third kappa shape index (κ3) is 3.46. The first-order chi connectivity index (χ1) is 7.50. The van der Waals surface area contributed by atoms with Crippen LogP contribution in [0, 0.1) is 11.6 Å². The summed E-state index contributed by atoms with van der Waals surface area (Å²) in [7, 11) is 0. The molecule has 0 saturated heterocycles. The number of halogens is 8. The van der Waals surface area contributed by atoms with Gasteiger partial charge in [-0.05, 0) is 6.07 Å². The van der Waals surface area contributed by atoms with Crippen molar-refractivity contribution in [3.8, 4) is 5.75 Å². The number of ether oxygens (including phenoxy) is 1. The van der Waals surface area contributed by atoms with E-state index >= 15 is 0 Å². The van der Waals surface area contributed by atoms with E-state index in [0.29, 0.717) is 0 Å². The molecule has 0 fully saturated rings. The first kappa shape index (κ1) is 13.5. The maximum absolute atomic E-state index is 12.8. The molecule has 1 aromatic rings. The van der Waals surface area contributed by atoms with Gasteiger partial charge in [-0.25, -0.2) is 8.78 Å². The van der Waals surface area contributed by atoms with Crippen LogP contribution < -0.4 is 4.74 Å². The Morgan fingerprint density at radius 1 is 0.824 bits per heavy atom. The second kappa shape index (κ2) is 4.04. The van der Waals surface area contributed by atoms with Crippen LogP contribution in [0.1, 0.15) is 5.56 Å². The van der Waals surface area contributed by atoms with Crippen LogP contribution in [0.2, 0.25) is 0 Å². The third-order valence-corrected chi connectivity index (χ3v) is 1.55. The summed E-state index contributed by atoms with van der Waals surface area (Å²) in [4.78, 5) is 0. The van der Waals surface area contributed by atoms with Crippen LogP contribution in [-0.2, 0) is 6.18 Å². The van der Waals surface area contributed by atoms with Crippen LogP contribution in [0.3, 0.4) is 0 Å². The van der Waals surface area contributed by atoms with E-state index in [2.05, 4.69) is 4.74 Å². The summed E-state index contributed by atoms with van der Waals surface area (Å²) in [6.45, 7) is 0. The number of hydrogen-bond donors (Lipinski definition) is 0. The van der Waals surface area contributed by atoms with Crippen LogP contribution in [0.15, 0.2) is 12.1 Å². The third-order valence-electron chi connectivity index (χ3n) is 1.55. The zero-order chi connectivity index (χ0) is 13.4. The van der Waals surface area contributed by atoms with Gasteiger partial charge < -0.3 is 4.74 Å². The largest absolute Gasteiger partial charge is 0.573 e. The number of benzene rings is 1. The van der Waals surface area contributed by atoms with E-state index in [-0.39, 0.29) is 6.07 Å². The van der Waals surface area contributed by atoms with Crippen molar-refractivity contribution < 1.29 is 39.9 Å². The molecule has 0 aromatic heterocycles. The van der Waals surface area contributed by atoms with Gasteiger partial charge in [0.15, 0.2) is 11.6 Å². The minimum atomic E-state index is -5.33. The monoisotopic (exact) mass is 266 g/mol. The Balaban J connectivity index is 3.19. The van der Waals surface area contributed by atoms with Gasteiger partial charge in [0, 0.05) is 6.07 Å². The van der Waals surface area contributed by atoms with Crippen LogP contribution in [-0.4, -0.2) is 6.36 Å². The predicted molar refractivity (Wildman–Crippen MR) is 38.0 cm³/mol. The number of alkyl halides is 6. The van der Waals surface area contributed by atoms with Gasteiger partial charge in [0.05, 0.1) is 5.56 Å². The molecule has 0 N–H and O–H groups in total. The molecule has 1 aromatic carbocycles. The van der Waals surface area contributed by atoms with Crippen molar-refractivity contribution in [3.63, 3.8) is 0 Å². The summed E-state index contributed by atoms with van der Waals surface area (Å²) in [5.41, 5.74) is -2.01. The molecule has 0 spiro atoms. The Bertz CT molecular complexity index is 419. The van der Waals surface area contributed by atoms with Crippen LogP contribution in [0.5, 0.6) is 5.75 Å². The van der Waals surface area contributed by atoms with Gasteiger partial charge in [0.2, 0.25) is 0 Å². The molecule has 96 valence electrons. The molecule has 1 rings (SSSR count). The topological polar surface area (TPSA) is 9.23 Å². The van der Waals surface area contributed by atoms with Crippen LogP contribution in [0.4, 0.5) is 35.1 Å². The summed E-state index contributed by atoms with van der Waals surface area (Å²) in [6.07, 6.45) is -10.5. The van der Waals surface area contributed by atoms with E-state index in [1.807, 2.05) is 0 Å². The van der Waals surface area contributed by atoms with Crippen molar-refractivity contribution in [2.24, 2.45) is 0 Å². The highest BCUT2D eigenvalue weighted by Gasteiger charge is 2.37. The van der Waals surface area contributed by atoms with E-state index in [0.717, 1.165) is 0 Å². The van der Waals surface area contributed by atoms with Crippen molar-refractivity contribution in [1.82, 2.24) is 0 Å². The molecular formula is C8H2F8O. The van der Waals surface area contributed by atoms with E-state index in [1.165, 1.54) is 0 Å². The molecule has 0 saturated carbocycles. The fourth-order valence-electron chi connectivity index (χ4n) is 0.949. The van der Waals surface area contributed by atoms with Crippen molar-refractivity contribution >= 4 is 0 Å². The predicted octanol–water partition coefficient (Wildman–Crippen LogP) is 3.88. The molecule has 0 radical (unpaired) electrons.